The van der Waals surface area contributed by atoms with Crippen LogP contribution in [0.2, 0.25) is 5.02 Å². The van der Waals surface area contributed by atoms with Gasteiger partial charge in [-0.25, -0.2) is 4.39 Å². The van der Waals surface area contributed by atoms with E-state index in [4.69, 9.17) is 22.7 Å². The molecule has 0 heterocycles. The Morgan fingerprint density at radius 1 is 1.26 bits per heavy atom. The third-order valence-electron chi connectivity index (χ3n) is 2.55. The van der Waals surface area contributed by atoms with Gasteiger partial charge in [0, 0.05) is 21.2 Å². The summed E-state index contributed by atoms with van der Waals surface area (Å²) < 4.78 is 13.0. The lowest BCUT2D eigenvalue weighted by molar-refractivity contribution is 0.624. The highest BCUT2D eigenvalue weighted by atomic mass is 35.5. The molecule has 0 spiro atoms. The summed E-state index contributed by atoms with van der Waals surface area (Å²) in [6, 6.07) is 11.7. The highest BCUT2D eigenvalue weighted by Gasteiger charge is 2.05. The molecule has 19 heavy (non-hydrogen) atoms. The summed E-state index contributed by atoms with van der Waals surface area (Å²) in [5, 5.41) is 7.90. The predicted molar refractivity (Wildman–Crippen MR) is 78.4 cm³/mol. The molecule has 0 saturated carbocycles. The second-order valence-electron chi connectivity index (χ2n) is 3.97. The van der Waals surface area contributed by atoms with Crippen LogP contribution >= 0.6 is 23.4 Å². The number of halogens is 2. The van der Waals surface area contributed by atoms with E-state index in [1.807, 2.05) is 12.1 Å². The molecule has 0 aliphatic heterocycles. The van der Waals surface area contributed by atoms with Crippen molar-refractivity contribution in [3.05, 3.63) is 64.4 Å². The van der Waals surface area contributed by atoms with Crippen molar-refractivity contribution < 1.29 is 4.39 Å². The van der Waals surface area contributed by atoms with E-state index in [1.54, 1.807) is 18.2 Å². The molecule has 0 unspecified atom stereocenters. The second-order valence-corrected chi connectivity index (χ2v) is 5.42. The first-order chi connectivity index (χ1) is 9.06. The summed E-state index contributed by atoms with van der Waals surface area (Å²) in [6.07, 6.45) is 0. The lowest BCUT2D eigenvalue weighted by Gasteiger charge is -2.06. The van der Waals surface area contributed by atoms with E-state index < -0.39 is 0 Å². The van der Waals surface area contributed by atoms with E-state index >= 15 is 0 Å². The fourth-order valence-corrected chi connectivity index (χ4v) is 2.82. The summed E-state index contributed by atoms with van der Waals surface area (Å²) in [7, 11) is 0. The number of nitrogens with one attached hydrogen (secondary N) is 1. The molecule has 0 aliphatic carbocycles. The van der Waals surface area contributed by atoms with E-state index in [9.17, 15) is 4.39 Å². The van der Waals surface area contributed by atoms with Crippen LogP contribution in [-0.4, -0.2) is 5.84 Å². The maximum Gasteiger partial charge on any atom is 0.124 e. The Balaban J connectivity index is 2.10. The van der Waals surface area contributed by atoms with Gasteiger partial charge in [0.15, 0.2) is 0 Å². The summed E-state index contributed by atoms with van der Waals surface area (Å²) in [5.41, 5.74) is 6.92. The molecule has 3 N–H and O–H groups in total. The van der Waals surface area contributed by atoms with Gasteiger partial charge in [-0.2, -0.15) is 0 Å². The van der Waals surface area contributed by atoms with Crippen molar-refractivity contribution in [3.63, 3.8) is 0 Å². The van der Waals surface area contributed by atoms with Gasteiger partial charge in [0.2, 0.25) is 0 Å². The quantitative estimate of drug-likeness (QED) is 0.507. The molecule has 0 saturated heterocycles. The molecule has 0 amide bonds. The van der Waals surface area contributed by atoms with Gasteiger partial charge in [0.25, 0.3) is 0 Å². The largest absolute Gasteiger partial charge is 0.384 e. The van der Waals surface area contributed by atoms with Crippen molar-refractivity contribution in [2.45, 2.75) is 10.6 Å². The van der Waals surface area contributed by atoms with E-state index in [0.717, 1.165) is 10.5 Å². The van der Waals surface area contributed by atoms with Crippen LogP contribution < -0.4 is 5.73 Å². The fraction of sp³-hybridized carbons (Fsp3) is 0.0714. The molecule has 0 fully saturated rings. The standard InChI is InChI=1S/C14H12ClFN2S/c15-13-6-9(14(17)18)4-5-10(13)8-19-12-3-1-2-11(16)7-12/h1-7H,8H2,(H3,17,18). The Morgan fingerprint density at radius 3 is 2.68 bits per heavy atom. The molecule has 2 rings (SSSR count). The Labute approximate surface area is 120 Å². The second kappa shape index (κ2) is 6.08. The molecular formula is C14H12ClFN2S. The van der Waals surface area contributed by atoms with E-state index in [1.165, 1.54) is 23.9 Å². The third kappa shape index (κ3) is 3.72. The van der Waals surface area contributed by atoms with Crippen LogP contribution in [-0.2, 0) is 5.75 Å². The van der Waals surface area contributed by atoms with Crippen molar-refractivity contribution in [2.24, 2.45) is 5.73 Å². The van der Waals surface area contributed by atoms with Gasteiger partial charge in [-0.15, -0.1) is 11.8 Å². The van der Waals surface area contributed by atoms with Gasteiger partial charge in [-0.3, -0.25) is 5.41 Å². The molecule has 0 aliphatic rings. The summed E-state index contributed by atoms with van der Waals surface area (Å²) in [5.74, 6) is 0.384. The van der Waals surface area contributed by atoms with Crippen LogP contribution in [0.15, 0.2) is 47.4 Å². The van der Waals surface area contributed by atoms with Gasteiger partial charge in [-0.05, 0) is 29.8 Å². The normalized spacial score (nSPS) is 10.4. The van der Waals surface area contributed by atoms with Crippen LogP contribution in [0.5, 0.6) is 0 Å². The molecular weight excluding hydrogens is 283 g/mol. The zero-order valence-electron chi connectivity index (χ0n) is 9.99. The topological polar surface area (TPSA) is 49.9 Å². The van der Waals surface area contributed by atoms with Crippen molar-refractivity contribution in [1.29, 1.82) is 5.41 Å². The molecule has 0 bridgehead atoms. The summed E-state index contributed by atoms with van der Waals surface area (Å²) in [4.78, 5) is 0.853. The SMILES string of the molecule is N=C(N)c1ccc(CSc2cccc(F)c2)c(Cl)c1. The number of benzene rings is 2. The highest BCUT2D eigenvalue weighted by Crippen LogP contribution is 2.27. The van der Waals surface area contributed by atoms with E-state index in [0.29, 0.717) is 16.3 Å². The number of rotatable bonds is 4. The molecule has 2 aromatic carbocycles. The van der Waals surface area contributed by atoms with Crippen molar-refractivity contribution in [1.82, 2.24) is 0 Å². The number of thioether (sulfide) groups is 1. The van der Waals surface area contributed by atoms with Crippen molar-refractivity contribution in [2.75, 3.05) is 0 Å². The van der Waals surface area contributed by atoms with Gasteiger partial charge >= 0.3 is 0 Å². The lowest BCUT2D eigenvalue weighted by atomic mass is 10.1. The number of hydrogen-bond donors (Lipinski definition) is 2. The Morgan fingerprint density at radius 2 is 2.05 bits per heavy atom. The molecule has 2 aromatic rings. The van der Waals surface area contributed by atoms with Gasteiger partial charge in [0.05, 0.1) is 0 Å². The zero-order chi connectivity index (χ0) is 13.8. The van der Waals surface area contributed by atoms with Crippen molar-refractivity contribution >= 4 is 29.2 Å². The first-order valence-electron chi connectivity index (χ1n) is 5.57. The average molecular weight is 295 g/mol. The first kappa shape index (κ1) is 13.9. The van der Waals surface area contributed by atoms with Crippen LogP contribution in [0.4, 0.5) is 4.39 Å². The molecule has 2 nitrogen and oxygen atoms in total. The molecule has 98 valence electrons. The van der Waals surface area contributed by atoms with Crippen LogP contribution in [0.1, 0.15) is 11.1 Å². The molecule has 0 radical (unpaired) electrons. The smallest absolute Gasteiger partial charge is 0.124 e. The fourth-order valence-electron chi connectivity index (χ4n) is 1.55. The lowest BCUT2D eigenvalue weighted by Crippen LogP contribution is -2.10. The maximum absolute atomic E-state index is 13.0. The number of amidine groups is 1. The van der Waals surface area contributed by atoms with E-state index in [2.05, 4.69) is 0 Å². The maximum atomic E-state index is 13.0. The van der Waals surface area contributed by atoms with Crippen LogP contribution in [0.3, 0.4) is 0 Å². The number of hydrogen-bond acceptors (Lipinski definition) is 2. The minimum atomic E-state index is -0.247. The Kier molecular flexibility index (Phi) is 4.45. The number of nitrogens with two attached hydrogens (primary N) is 1. The molecule has 0 atom stereocenters. The predicted octanol–water partition coefficient (Wildman–Crippen LogP) is 4.06. The summed E-state index contributed by atoms with van der Waals surface area (Å²) in [6.45, 7) is 0. The van der Waals surface area contributed by atoms with Crippen molar-refractivity contribution in [3.8, 4) is 0 Å². The highest BCUT2D eigenvalue weighted by molar-refractivity contribution is 7.98. The molecule has 0 aromatic heterocycles. The van der Waals surface area contributed by atoms with Gasteiger partial charge in [0.1, 0.15) is 11.7 Å². The Hall–Kier alpha value is -1.52. The monoisotopic (exact) mass is 294 g/mol. The minimum Gasteiger partial charge on any atom is -0.384 e. The summed E-state index contributed by atoms with van der Waals surface area (Å²) >= 11 is 7.64. The van der Waals surface area contributed by atoms with Gasteiger partial charge in [-0.1, -0.05) is 29.8 Å². The van der Waals surface area contributed by atoms with E-state index in [-0.39, 0.29) is 11.7 Å². The van der Waals surface area contributed by atoms with Gasteiger partial charge < -0.3 is 5.73 Å². The average Bonchev–Trinajstić information content (AvgIpc) is 2.37. The number of nitrogen functional groups attached to an aromatic ring is 1. The first-order valence-corrected chi connectivity index (χ1v) is 6.94. The Bertz CT molecular complexity index is 616. The molecule has 5 heteroatoms. The van der Waals surface area contributed by atoms with Crippen LogP contribution in [0.25, 0.3) is 0 Å². The zero-order valence-corrected chi connectivity index (χ0v) is 11.6. The third-order valence-corrected chi connectivity index (χ3v) is 3.95. The minimum absolute atomic E-state index is 0.00812. The van der Waals surface area contributed by atoms with Crippen LogP contribution in [0, 0.1) is 11.2 Å².